The van der Waals surface area contributed by atoms with Gasteiger partial charge in [0.25, 0.3) is 5.91 Å². The molecule has 2 aliphatic carbocycles. The van der Waals surface area contributed by atoms with E-state index < -0.39 is 0 Å². The van der Waals surface area contributed by atoms with Crippen LogP contribution in [0.2, 0.25) is 10.0 Å². The van der Waals surface area contributed by atoms with Crippen LogP contribution in [0, 0.1) is 0 Å². The molecule has 2 aromatic rings. The van der Waals surface area contributed by atoms with Gasteiger partial charge >= 0.3 is 0 Å². The smallest absolute Gasteiger partial charge is 0.265 e. The molecule has 1 amide bonds. The Morgan fingerprint density at radius 2 is 2.04 bits per heavy atom. The summed E-state index contributed by atoms with van der Waals surface area (Å²) in [5.41, 5.74) is 1.92. The van der Waals surface area contributed by atoms with Gasteiger partial charge in [0, 0.05) is 27.9 Å². The maximum Gasteiger partial charge on any atom is 0.265 e. The van der Waals surface area contributed by atoms with Gasteiger partial charge in [0.05, 0.1) is 5.69 Å². The number of aromatic nitrogens is 2. The maximum absolute atomic E-state index is 12.5. The number of hydrogen-bond acceptors (Lipinski definition) is 4. The number of nitrogens with zero attached hydrogens (tertiary/aromatic N) is 2. The van der Waals surface area contributed by atoms with Crippen LogP contribution in [0.5, 0.6) is 0 Å². The Labute approximate surface area is 148 Å². The molecular formula is C16H15Cl2N3OS. The van der Waals surface area contributed by atoms with Crippen LogP contribution in [-0.4, -0.2) is 21.5 Å². The predicted molar refractivity (Wildman–Crippen MR) is 91.6 cm³/mol. The number of halogens is 2. The molecule has 0 saturated heterocycles. The first-order chi connectivity index (χ1) is 11.1. The third-order valence-electron chi connectivity index (χ3n) is 4.64. The number of carbonyl (C=O) groups excluding carboxylic acids is 1. The Morgan fingerprint density at radius 1 is 1.22 bits per heavy atom. The molecule has 1 aromatic carbocycles. The molecule has 1 heterocycles. The zero-order valence-corrected chi connectivity index (χ0v) is 14.6. The fraction of sp³-hybridized carbons (Fsp3) is 0.438. The second-order valence-corrected chi connectivity index (χ2v) is 7.79. The molecule has 2 saturated carbocycles. The summed E-state index contributed by atoms with van der Waals surface area (Å²) in [6.45, 7) is 0. The fourth-order valence-corrected chi connectivity index (χ4v) is 4.26. The Kier molecular flexibility index (Phi) is 4.03. The lowest BCUT2D eigenvalue weighted by atomic mass is 9.75. The average molecular weight is 368 g/mol. The molecule has 7 heteroatoms. The minimum Gasteiger partial charge on any atom is -0.348 e. The lowest BCUT2D eigenvalue weighted by molar-refractivity contribution is 0.0907. The summed E-state index contributed by atoms with van der Waals surface area (Å²) in [7, 11) is 0. The maximum atomic E-state index is 12.5. The van der Waals surface area contributed by atoms with E-state index in [-0.39, 0.29) is 17.9 Å². The lowest BCUT2D eigenvalue weighted by Crippen LogP contribution is -2.45. The lowest BCUT2D eigenvalue weighted by Gasteiger charge is -2.38. The molecule has 2 aliphatic rings. The van der Waals surface area contributed by atoms with Gasteiger partial charge in [-0.1, -0.05) is 33.8 Å². The molecule has 2 atom stereocenters. The number of carbonyl (C=O) groups is 1. The van der Waals surface area contributed by atoms with Crippen LogP contribution in [0.25, 0.3) is 0 Å². The Hall–Kier alpha value is -1.17. The predicted octanol–water partition coefficient (Wildman–Crippen LogP) is 4.40. The van der Waals surface area contributed by atoms with Crippen molar-refractivity contribution in [1.82, 2.24) is 14.9 Å². The van der Waals surface area contributed by atoms with E-state index in [9.17, 15) is 4.79 Å². The Balaban J connectivity index is 1.48. The topological polar surface area (TPSA) is 54.9 Å². The van der Waals surface area contributed by atoms with Crippen molar-refractivity contribution in [2.75, 3.05) is 0 Å². The summed E-state index contributed by atoms with van der Waals surface area (Å²) < 4.78 is 3.95. The van der Waals surface area contributed by atoms with E-state index >= 15 is 0 Å². The third kappa shape index (κ3) is 2.97. The molecule has 2 fully saturated rings. The number of hydrogen-bond donors (Lipinski definition) is 1. The monoisotopic (exact) mass is 367 g/mol. The largest absolute Gasteiger partial charge is 0.348 e. The van der Waals surface area contributed by atoms with E-state index in [0.717, 1.165) is 36.9 Å². The second-order valence-electron chi connectivity index (χ2n) is 6.19. The van der Waals surface area contributed by atoms with Crippen LogP contribution in [0.15, 0.2) is 18.2 Å². The quantitative estimate of drug-likeness (QED) is 0.870. The molecule has 120 valence electrons. The molecule has 0 bridgehead atoms. The SMILES string of the molecule is O=C(N[C@H]1CC[C@H]1c1ccc(Cl)cc1Cl)c1snnc1C1CC1. The van der Waals surface area contributed by atoms with Crippen molar-refractivity contribution in [2.45, 2.75) is 43.6 Å². The van der Waals surface area contributed by atoms with Gasteiger partial charge in [0.1, 0.15) is 4.88 Å². The van der Waals surface area contributed by atoms with E-state index in [1.165, 1.54) is 11.5 Å². The minimum absolute atomic E-state index is 0.0540. The highest BCUT2D eigenvalue weighted by Crippen LogP contribution is 2.43. The first kappa shape index (κ1) is 15.4. The van der Waals surface area contributed by atoms with E-state index in [1.807, 2.05) is 12.1 Å². The summed E-state index contributed by atoms with van der Waals surface area (Å²) in [5.74, 6) is 0.619. The molecule has 4 rings (SSSR count). The van der Waals surface area contributed by atoms with Crippen molar-refractivity contribution < 1.29 is 4.79 Å². The van der Waals surface area contributed by atoms with Gasteiger partial charge in [0.2, 0.25) is 0 Å². The second kappa shape index (κ2) is 6.04. The number of rotatable bonds is 4. The van der Waals surface area contributed by atoms with Crippen LogP contribution >= 0.6 is 34.7 Å². The van der Waals surface area contributed by atoms with E-state index in [0.29, 0.717) is 20.8 Å². The first-order valence-corrected chi connectivity index (χ1v) is 9.24. The molecule has 23 heavy (non-hydrogen) atoms. The van der Waals surface area contributed by atoms with Crippen LogP contribution in [0.3, 0.4) is 0 Å². The first-order valence-electron chi connectivity index (χ1n) is 7.71. The Bertz CT molecular complexity index is 760. The fourth-order valence-electron chi connectivity index (χ4n) is 3.06. The van der Waals surface area contributed by atoms with Crippen molar-refractivity contribution in [2.24, 2.45) is 0 Å². The normalized spacial score (nSPS) is 23.4. The van der Waals surface area contributed by atoms with E-state index in [2.05, 4.69) is 14.9 Å². The standard InChI is InChI=1S/C16H15Cl2N3OS/c17-9-3-4-10(12(18)7-9)11-5-6-13(11)19-16(22)15-14(8-1-2-8)20-21-23-15/h3-4,7-8,11,13H,1-2,5-6H2,(H,19,22)/t11-,13-/m0/s1. The Morgan fingerprint density at radius 3 is 2.70 bits per heavy atom. The minimum atomic E-state index is -0.0540. The highest BCUT2D eigenvalue weighted by molar-refractivity contribution is 7.08. The molecule has 0 unspecified atom stereocenters. The molecule has 4 nitrogen and oxygen atoms in total. The molecule has 0 aliphatic heterocycles. The van der Waals surface area contributed by atoms with Gasteiger partial charge in [-0.25, -0.2) is 0 Å². The zero-order valence-electron chi connectivity index (χ0n) is 12.3. The number of benzene rings is 1. The van der Waals surface area contributed by atoms with E-state index in [4.69, 9.17) is 23.2 Å². The highest BCUT2D eigenvalue weighted by atomic mass is 35.5. The summed E-state index contributed by atoms with van der Waals surface area (Å²) >= 11 is 13.4. The highest BCUT2D eigenvalue weighted by Gasteiger charge is 2.37. The summed E-state index contributed by atoms with van der Waals surface area (Å²) in [6.07, 6.45) is 4.19. The van der Waals surface area contributed by atoms with Crippen molar-refractivity contribution in [3.05, 3.63) is 44.4 Å². The summed E-state index contributed by atoms with van der Waals surface area (Å²) in [6, 6.07) is 5.67. The zero-order chi connectivity index (χ0) is 16.0. The van der Waals surface area contributed by atoms with Gasteiger partial charge in [0.15, 0.2) is 0 Å². The summed E-state index contributed by atoms with van der Waals surface area (Å²) in [5, 5.41) is 8.55. The van der Waals surface area contributed by atoms with Crippen molar-refractivity contribution in [3.8, 4) is 0 Å². The van der Waals surface area contributed by atoms with Crippen LogP contribution in [0.4, 0.5) is 0 Å². The number of amides is 1. The van der Waals surface area contributed by atoms with Crippen molar-refractivity contribution >= 4 is 40.6 Å². The number of nitrogens with one attached hydrogen (secondary N) is 1. The van der Waals surface area contributed by atoms with Crippen molar-refractivity contribution in [3.63, 3.8) is 0 Å². The van der Waals surface area contributed by atoms with Gasteiger partial charge in [-0.3, -0.25) is 4.79 Å². The van der Waals surface area contributed by atoms with E-state index in [1.54, 1.807) is 6.07 Å². The van der Waals surface area contributed by atoms with Crippen LogP contribution in [-0.2, 0) is 0 Å². The van der Waals surface area contributed by atoms with Crippen molar-refractivity contribution in [1.29, 1.82) is 0 Å². The van der Waals surface area contributed by atoms with Gasteiger partial charge in [-0.05, 0) is 54.9 Å². The van der Waals surface area contributed by atoms with Crippen LogP contribution in [0.1, 0.15) is 58.4 Å². The third-order valence-corrected chi connectivity index (χ3v) is 5.94. The summed E-state index contributed by atoms with van der Waals surface area (Å²) in [4.78, 5) is 13.2. The van der Waals surface area contributed by atoms with Gasteiger partial charge in [-0.15, -0.1) is 5.10 Å². The molecular weight excluding hydrogens is 353 g/mol. The molecule has 0 radical (unpaired) electrons. The van der Waals surface area contributed by atoms with Gasteiger partial charge < -0.3 is 5.32 Å². The van der Waals surface area contributed by atoms with Crippen LogP contribution < -0.4 is 5.32 Å². The molecule has 1 N–H and O–H groups in total. The van der Waals surface area contributed by atoms with Gasteiger partial charge in [-0.2, -0.15) is 0 Å². The molecule has 1 aromatic heterocycles. The average Bonchev–Trinajstić information content (AvgIpc) is 3.23. The molecule has 0 spiro atoms.